The minimum atomic E-state index is 0.266. The van der Waals surface area contributed by atoms with Gasteiger partial charge in [0, 0.05) is 17.5 Å². The fourth-order valence-electron chi connectivity index (χ4n) is 2.84. The molecule has 0 aliphatic heterocycles. The van der Waals surface area contributed by atoms with Crippen molar-refractivity contribution in [3.05, 3.63) is 82.8 Å². The molecule has 2 aromatic carbocycles. The summed E-state index contributed by atoms with van der Waals surface area (Å²) in [6, 6.07) is 20.4. The normalized spacial score (nSPS) is 16.1. The van der Waals surface area contributed by atoms with E-state index >= 15 is 0 Å². The van der Waals surface area contributed by atoms with Crippen molar-refractivity contribution in [2.45, 2.75) is 12.3 Å². The van der Waals surface area contributed by atoms with Crippen LogP contribution in [0.4, 0.5) is 0 Å². The first-order valence-corrected chi connectivity index (χ1v) is 7.37. The van der Waals surface area contributed by atoms with Crippen molar-refractivity contribution in [2.75, 3.05) is 0 Å². The number of hydrogen-bond donors (Lipinski definition) is 0. The van der Waals surface area contributed by atoms with Crippen molar-refractivity contribution in [3.8, 4) is 11.3 Å². The molecule has 102 valence electrons. The topological polar surface area (TPSA) is 25.8 Å². The van der Waals surface area contributed by atoms with Crippen molar-refractivity contribution in [1.29, 1.82) is 0 Å². The lowest BCUT2D eigenvalue weighted by Gasteiger charge is -2.29. The van der Waals surface area contributed by atoms with Gasteiger partial charge in [-0.3, -0.25) is 0 Å². The number of benzene rings is 2. The third-order valence-electron chi connectivity index (χ3n) is 3.95. The maximum absolute atomic E-state index is 6.20. The van der Waals surface area contributed by atoms with Crippen LogP contribution in [0.5, 0.6) is 0 Å². The standard InChI is InChI=1S/C18H13ClN2/c19-17-11-16(12-6-2-1-3-7-12)20-18(21-17)15-10-13-8-4-5-9-14(13)15/h1-9,11,15H,10H2. The molecule has 0 saturated carbocycles. The Morgan fingerprint density at radius 3 is 2.48 bits per heavy atom. The zero-order valence-electron chi connectivity index (χ0n) is 11.3. The van der Waals surface area contributed by atoms with Gasteiger partial charge in [-0.15, -0.1) is 0 Å². The summed E-state index contributed by atoms with van der Waals surface area (Å²) in [5, 5.41) is 0.503. The smallest absolute Gasteiger partial charge is 0.138 e. The van der Waals surface area contributed by atoms with E-state index in [2.05, 4.69) is 29.2 Å². The lowest BCUT2D eigenvalue weighted by atomic mass is 9.77. The average Bonchev–Trinajstić information content (AvgIpc) is 2.49. The molecule has 1 atom stereocenters. The van der Waals surface area contributed by atoms with Crippen molar-refractivity contribution >= 4 is 11.6 Å². The zero-order valence-corrected chi connectivity index (χ0v) is 12.1. The van der Waals surface area contributed by atoms with Gasteiger partial charge in [-0.25, -0.2) is 9.97 Å². The Balaban J connectivity index is 1.77. The molecule has 0 bridgehead atoms. The summed E-state index contributed by atoms with van der Waals surface area (Å²) >= 11 is 6.20. The molecule has 0 radical (unpaired) electrons. The Bertz CT molecular complexity index is 799. The number of aromatic nitrogens is 2. The first-order chi connectivity index (χ1) is 10.3. The molecule has 21 heavy (non-hydrogen) atoms. The number of fused-ring (bicyclic) bond motifs is 1. The summed E-state index contributed by atoms with van der Waals surface area (Å²) in [5.41, 5.74) is 4.65. The molecule has 0 saturated heterocycles. The van der Waals surface area contributed by atoms with Gasteiger partial charge in [-0.1, -0.05) is 66.2 Å². The number of nitrogens with zero attached hydrogens (tertiary/aromatic N) is 2. The molecular weight excluding hydrogens is 280 g/mol. The van der Waals surface area contributed by atoms with Crippen LogP contribution in [0.25, 0.3) is 11.3 Å². The van der Waals surface area contributed by atoms with Gasteiger partial charge in [0.2, 0.25) is 0 Å². The molecule has 2 nitrogen and oxygen atoms in total. The Labute approximate surface area is 128 Å². The van der Waals surface area contributed by atoms with E-state index in [1.807, 2.05) is 36.4 Å². The third-order valence-corrected chi connectivity index (χ3v) is 4.14. The van der Waals surface area contributed by atoms with Crippen LogP contribution in [0.3, 0.4) is 0 Å². The molecule has 0 N–H and O–H groups in total. The molecule has 0 fully saturated rings. The maximum Gasteiger partial charge on any atom is 0.138 e. The van der Waals surface area contributed by atoms with Crippen molar-refractivity contribution in [2.24, 2.45) is 0 Å². The molecule has 1 aliphatic carbocycles. The molecule has 3 heteroatoms. The van der Waals surface area contributed by atoms with Crippen LogP contribution in [0.2, 0.25) is 5.15 Å². The number of halogens is 1. The molecule has 1 aromatic heterocycles. The van der Waals surface area contributed by atoms with Gasteiger partial charge in [0.05, 0.1) is 5.69 Å². The Hall–Kier alpha value is -2.19. The first-order valence-electron chi connectivity index (χ1n) is 6.99. The number of hydrogen-bond acceptors (Lipinski definition) is 2. The molecule has 1 aliphatic rings. The van der Waals surface area contributed by atoms with E-state index in [9.17, 15) is 0 Å². The van der Waals surface area contributed by atoms with Crippen LogP contribution >= 0.6 is 11.6 Å². The Morgan fingerprint density at radius 1 is 0.905 bits per heavy atom. The second kappa shape index (κ2) is 4.97. The van der Waals surface area contributed by atoms with Gasteiger partial charge < -0.3 is 0 Å². The van der Waals surface area contributed by atoms with Gasteiger partial charge in [0.1, 0.15) is 11.0 Å². The summed E-state index contributed by atoms with van der Waals surface area (Å²) in [7, 11) is 0. The summed E-state index contributed by atoms with van der Waals surface area (Å²) in [5.74, 6) is 1.09. The van der Waals surface area contributed by atoms with E-state index in [4.69, 9.17) is 16.6 Å². The van der Waals surface area contributed by atoms with E-state index in [0.29, 0.717) is 5.15 Å². The van der Waals surface area contributed by atoms with Crippen molar-refractivity contribution in [1.82, 2.24) is 9.97 Å². The van der Waals surface area contributed by atoms with Crippen LogP contribution in [0, 0.1) is 0 Å². The van der Waals surface area contributed by atoms with E-state index < -0.39 is 0 Å². The largest absolute Gasteiger partial charge is 0.232 e. The summed E-state index contributed by atoms with van der Waals surface area (Å²) in [6.45, 7) is 0. The Kier molecular flexibility index (Phi) is 2.97. The highest BCUT2D eigenvalue weighted by Crippen LogP contribution is 2.39. The van der Waals surface area contributed by atoms with Crippen LogP contribution in [-0.4, -0.2) is 9.97 Å². The summed E-state index contributed by atoms with van der Waals surface area (Å²) in [4.78, 5) is 9.16. The monoisotopic (exact) mass is 292 g/mol. The van der Waals surface area contributed by atoms with E-state index in [0.717, 1.165) is 23.5 Å². The second-order valence-corrected chi connectivity index (χ2v) is 5.64. The molecule has 1 unspecified atom stereocenters. The van der Waals surface area contributed by atoms with Crippen molar-refractivity contribution in [3.63, 3.8) is 0 Å². The van der Waals surface area contributed by atoms with E-state index in [1.54, 1.807) is 0 Å². The lowest BCUT2D eigenvalue weighted by Crippen LogP contribution is -2.20. The lowest BCUT2D eigenvalue weighted by molar-refractivity contribution is 0.660. The van der Waals surface area contributed by atoms with Crippen LogP contribution in [0.1, 0.15) is 22.9 Å². The molecule has 0 spiro atoms. The zero-order chi connectivity index (χ0) is 14.2. The van der Waals surface area contributed by atoms with Gasteiger partial charge in [0.15, 0.2) is 0 Å². The average molecular weight is 293 g/mol. The SMILES string of the molecule is Clc1cc(-c2ccccc2)nc(C2Cc3ccccc32)n1. The van der Waals surface area contributed by atoms with Gasteiger partial charge >= 0.3 is 0 Å². The summed E-state index contributed by atoms with van der Waals surface area (Å²) < 4.78 is 0. The van der Waals surface area contributed by atoms with Crippen LogP contribution in [-0.2, 0) is 6.42 Å². The molecule has 1 heterocycles. The fourth-order valence-corrected chi connectivity index (χ4v) is 3.03. The van der Waals surface area contributed by atoms with Gasteiger partial charge in [-0.2, -0.15) is 0 Å². The second-order valence-electron chi connectivity index (χ2n) is 5.26. The van der Waals surface area contributed by atoms with Crippen molar-refractivity contribution < 1.29 is 0 Å². The predicted molar refractivity (Wildman–Crippen MR) is 84.5 cm³/mol. The molecule has 4 rings (SSSR count). The summed E-state index contributed by atoms with van der Waals surface area (Å²) in [6.07, 6.45) is 0.991. The minimum absolute atomic E-state index is 0.266. The Morgan fingerprint density at radius 2 is 1.67 bits per heavy atom. The predicted octanol–water partition coefficient (Wildman–Crippen LogP) is 4.49. The highest BCUT2D eigenvalue weighted by molar-refractivity contribution is 6.29. The molecule has 3 aromatic rings. The minimum Gasteiger partial charge on any atom is -0.232 e. The van der Waals surface area contributed by atoms with E-state index in [-0.39, 0.29) is 5.92 Å². The highest BCUT2D eigenvalue weighted by Gasteiger charge is 2.29. The van der Waals surface area contributed by atoms with E-state index in [1.165, 1.54) is 11.1 Å². The number of rotatable bonds is 2. The quantitative estimate of drug-likeness (QED) is 0.651. The highest BCUT2D eigenvalue weighted by atomic mass is 35.5. The van der Waals surface area contributed by atoms with Gasteiger partial charge in [0.25, 0.3) is 0 Å². The molecular formula is C18H13ClN2. The molecule has 0 amide bonds. The van der Waals surface area contributed by atoms with Crippen LogP contribution < -0.4 is 0 Å². The fraction of sp³-hybridized carbons (Fsp3) is 0.111. The maximum atomic E-state index is 6.20. The first kappa shape index (κ1) is 12.5. The third kappa shape index (κ3) is 2.22. The van der Waals surface area contributed by atoms with Gasteiger partial charge in [-0.05, 0) is 17.5 Å². The van der Waals surface area contributed by atoms with Crippen LogP contribution in [0.15, 0.2) is 60.7 Å².